The first-order chi connectivity index (χ1) is 6.59. The largest absolute Gasteiger partial charge is 0.354 e. The molecule has 1 heterocycles. The number of hydrogen-bond acceptors (Lipinski definition) is 3. The van der Waals surface area contributed by atoms with Gasteiger partial charge in [0.15, 0.2) is 0 Å². The molecule has 14 heavy (non-hydrogen) atoms. The number of carbonyl (C=O) groups is 1. The molecule has 0 saturated carbocycles. The number of hydrogen-bond donors (Lipinski definition) is 2. The molecule has 1 aliphatic rings. The number of amides is 1. The molecule has 0 aromatic carbocycles. The van der Waals surface area contributed by atoms with Gasteiger partial charge in [-0.15, -0.1) is 0 Å². The fourth-order valence-electron chi connectivity index (χ4n) is 1.67. The molecule has 1 rings (SSSR count). The summed E-state index contributed by atoms with van der Waals surface area (Å²) < 4.78 is 0. The van der Waals surface area contributed by atoms with Crippen molar-refractivity contribution in [1.82, 2.24) is 10.2 Å². The summed E-state index contributed by atoms with van der Waals surface area (Å²) >= 11 is 0. The van der Waals surface area contributed by atoms with E-state index in [0.29, 0.717) is 5.92 Å². The van der Waals surface area contributed by atoms with Crippen molar-refractivity contribution in [2.45, 2.75) is 25.8 Å². The fraction of sp³-hybridized carbons (Fsp3) is 0.900. The summed E-state index contributed by atoms with van der Waals surface area (Å²) in [5.41, 5.74) is 5.45. The molecule has 1 fully saturated rings. The van der Waals surface area contributed by atoms with Crippen molar-refractivity contribution < 1.29 is 4.79 Å². The van der Waals surface area contributed by atoms with E-state index >= 15 is 0 Å². The SMILES string of the molecule is C[C@H](N)C(=O)NCC1CCN(C)CC1. The summed E-state index contributed by atoms with van der Waals surface area (Å²) in [5.74, 6) is 0.595. The first-order valence-electron chi connectivity index (χ1n) is 5.31. The minimum absolute atomic E-state index is 0.0380. The Kier molecular flexibility index (Phi) is 4.35. The monoisotopic (exact) mass is 199 g/mol. The van der Waals surface area contributed by atoms with Crippen molar-refractivity contribution in [2.75, 3.05) is 26.7 Å². The van der Waals surface area contributed by atoms with Crippen molar-refractivity contribution in [3.05, 3.63) is 0 Å². The van der Waals surface area contributed by atoms with Gasteiger partial charge in [0.1, 0.15) is 0 Å². The highest BCUT2D eigenvalue weighted by Crippen LogP contribution is 2.14. The number of piperidine rings is 1. The highest BCUT2D eigenvalue weighted by Gasteiger charge is 2.17. The minimum atomic E-state index is -0.388. The van der Waals surface area contributed by atoms with Crippen LogP contribution in [0.25, 0.3) is 0 Å². The van der Waals surface area contributed by atoms with Crippen molar-refractivity contribution in [1.29, 1.82) is 0 Å². The second-order valence-electron chi connectivity index (χ2n) is 4.28. The standard InChI is InChI=1S/C10H21N3O/c1-8(11)10(14)12-7-9-3-5-13(2)6-4-9/h8-9H,3-7,11H2,1-2H3,(H,12,14)/t8-/m0/s1. The molecule has 0 aromatic heterocycles. The zero-order chi connectivity index (χ0) is 10.6. The molecule has 82 valence electrons. The number of rotatable bonds is 3. The quantitative estimate of drug-likeness (QED) is 0.661. The Bertz CT molecular complexity index is 186. The van der Waals surface area contributed by atoms with Crippen LogP contribution in [-0.2, 0) is 4.79 Å². The molecule has 3 N–H and O–H groups in total. The maximum Gasteiger partial charge on any atom is 0.236 e. The summed E-state index contributed by atoms with van der Waals surface area (Å²) in [6, 6.07) is -0.388. The van der Waals surface area contributed by atoms with Crippen LogP contribution in [0.3, 0.4) is 0 Å². The Morgan fingerprint density at radius 1 is 1.57 bits per heavy atom. The van der Waals surface area contributed by atoms with E-state index in [2.05, 4.69) is 17.3 Å². The van der Waals surface area contributed by atoms with Crippen LogP contribution >= 0.6 is 0 Å². The van der Waals surface area contributed by atoms with Gasteiger partial charge >= 0.3 is 0 Å². The zero-order valence-electron chi connectivity index (χ0n) is 9.12. The van der Waals surface area contributed by atoms with Gasteiger partial charge in [-0.2, -0.15) is 0 Å². The molecule has 0 aromatic rings. The molecule has 1 saturated heterocycles. The lowest BCUT2D eigenvalue weighted by Gasteiger charge is -2.29. The van der Waals surface area contributed by atoms with E-state index in [1.165, 1.54) is 12.8 Å². The second kappa shape index (κ2) is 5.32. The van der Waals surface area contributed by atoms with E-state index < -0.39 is 0 Å². The average Bonchev–Trinajstić information content (AvgIpc) is 2.16. The number of likely N-dealkylation sites (tertiary alicyclic amines) is 1. The van der Waals surface area contributed by atoms with E-state index in [0.717, 1.165) is 19.6 Å². The van der Waals surface area contributed by atoms with Crippen LogP contribution in [0.5, 0.6) is 0 Å². The van der Waals surface area contributed by atoms with Gasteiger partial charge in [0.25, 0.3) is 0 Å². The maximum absolute atomic E-state index is 11.2. The number of nitrogens with one attached hydrogen (secondary N) is 1. The molecule has 0 spiro atoms. The predicted octanol–water partition coefficient (Wildman–Crippen LogP) is -0.208. The number of nitrogens with two attached hydrogens (primary N) is 1. The van der Waals surface area contributed by atoms with Crippen LogP contribution in [0.15, 0.2) is 0 Å². The Morgan fingerprint density at radius 3 is 2.64 bits per heavy atom. The number of nitrogens with zero attached hydrogens (tertiary/aromatic N) is 1. The Hall–Kier alpha value is -0.610. The third-order valence-electron chi connectivity index (χ3n) is 2.82. The van der Waals surface area contributed by atoms with Gasteiger partial charge in [-0.05, 0) is 45.8 Å². The third-order valence-corrected chi connectivity index (χ3v) is 2.82. The topological polar surface area (TPSA) is 58.4 Å². The van der Waals surface area contributed by atoms with Gasteiger partial charge in [0.2, 0.25) is 5.91 Å². The summed E-state index contributed by atoms with van der Waals surface area (Å²) in [5, 5.41) is 2.88. The lowest BCUT2D eigenvalue weighted by atomic mass is 9.97. The molecule has 0 aliphatic carbocycles. The summed E-state index contributed by atoms with van der Waals surface area (Å²) in [4.78, 5) is 13.5. The third kappa shape index (κ3) is 3.64. The van der Waals surface area contributed by atoms with Crippen LogP contribution in [-0.4, -0.2) is 43.5 Å². The highest BCUT2D eigenvalue weighted by atomic mass is 16.2. The first-order valence-corrected chi connectivity index (χ1v) is 5.31. The highest BCUT2D eigenvalue weighted by molar-refractivity contribution is 5.80. The zero-order valence-corrected chi connectivity index (χ0v) is 9.12. The van der Waals surface area contributed by atoms with E-state index in [9.17, 15) is 4.79 Å². The molecule has 1 aliphatic heterocycles. The molecule has 1 atom stereocenters. The van der Waals surface area contributed by atoms with Gasteiger partial charge in [-0.3, -0.25) is 4.79 Å². The van der Waals surface area contributed by atoms with Gasteiger partial charge in [0.05, 0.1) is 6.04 Å². The van der Waals surface area contributed by atoms with E-state index in [4.69, 9.17) is 5.73 Å². The fourth-order valence-corrected chi connectivity index (χ4v) is 1.67. The Balaban J connectivity index is 2.16. The van der Waals surface area contributed by atoms with Gasteiger partial charge in [-0.25, -0.2) is 0 Å². The Labute approximate surface area is 85.8 Å². The van der Waals surface area contributed by atoms with Crippen molar-refractivity contribution >= 4 is 5.91 Å². The van der Waals surface area contributed by atoms with E-state index in [1.54, 1.807) is 6.92 Å². The summed E-state index contributed by atoms with van der Waals surface area (Å²) in [6.07, 6.45) is 2.35. The van der Waals surface area contributed by atoms with Crippen LogP contribution in [0, 0.1) is 5.92 Å². The summed E-state index contributed by atoms with van der Waals surface area (Å²) in [6.45, 7) is 4.77. The van der Waals surface area contributed by atoms with Crippen molar-refractivity contribution in [3.8, 4) is 0 Å². The maximum atomic E-state index is 11.2. The van der Waals surface area contributed by atoms with Crippen LogP contribution in [0.2, 0.25) is 0 Å². The lowest BCUT2D eigenvalue weighted by Crippen LogP contribution is -2.42. The van der Waals surface area contributed by atoms with Gasteiger partial charge in [-0.1, -0.05) is 0 Å². The average molecular weight is 199 g/mol. The first kappa shape index (κ1) is 11.5. The molecular formula is C10H21N3O. The molecule has 1 amide bonds. The van der Waals surface area contributed by atoms with Crippen molar-refractivity contribution in [3.63, 3.8) is 0 Å². The molecule has 4 nitrogen and oxygen atoms in total. The van der Waals surface area contributed by atoms with E-state index in [1.807, 2.05) is 0 Å². The van der Waals surface area contributed by atoms with Crippen LogP contribution in [0.1, 0.15) is 19.8 Å². The Morgan fingerprint density at radius 2 is 2.14 bits per heavy atom. The molecule has 0 bridgehead atoms. The minimum Gasteiger partial charge on any atom is -0.354 e. The van der Waals surface area contributed by atoms with Crippen molar-refractivity contribution in [2.24, 2.45) is 11.7 Å². The number of carbonyl (C=O) groups excluding carboxylic acids is 1. The van der Waals surface area contributed by atoms with Crippen LogP contribution in [0.4, 0.5) is 0 Å². The normalized spacial score (nSPS) is 21.9. The molecule has 0 radical (unpaired) electrons. The molecular weight excluding hydrogens is 178 g/mol. The van der Waals surface area contributed by atoms with E-state index in [-0.39, 0.29) is 11.9 Å². The van der Waals surface area contributed by atoms with Gasteiger partial charge in [0, 0.05) is 6.54 Å². The lowest BCUT2D eigenvalue weighted by molar-refractivity contribution is -0.122. The smallest absolute Gasteiger partial charge is 0.236 e. The summed E-state index contributed by atoms with van der Waals surface area (Å²) in [7, 11) is 2.14. The molecule has 0 unspecified atom stereocenters. The molecule has 4 heteroatoms. The second-order valence-corrected chi connectivity index (χ2v) is 4.28. The van der Waals surface area contributed by atoms with Gasteiger partial charge < -0.3 is 16.0 Å². The van der Waals surface area contributed by atoms with Crippen LogP contribution < -0.4 is 11.1 Å². The predicted molar refractivity (Wildman–Crippen MR) is 56.9 cm³/mol.